The number of thiophene rings is 1. The summed E-state index contributed by atoms with van der Waals surface area (Å²) < 4.78 is 20.0. The molecule has 172 valence electrons. The number of ether oxygens (including phenoxy) is 1. The van der Waals surface area contributed by atoms with Crippen LogP contribution in [0.15, 0.2) is 42.9 Å². The Kier molecular flexibility index (Phi) is 6.79. The van der Waals surface area contributed by atoms with E-state index in [1.165, 1.54) is 16.9 Å². The molecule has 0 amide bonds. The Morgan fingerprint density at radius 1 is 1.28 bits per heavy atom. The number of aromatic nitrogens is 3. The van der Waals surface area contributed by atoms with Crippen molar-refractivity contribution < 1.29 is 9.13 Å². The summed E-state index contributed by atoms with van der Waals surface area (Å²) in [5.74, 6) is 0.876. The molecule has 2 atom stereocenters. The van der Waals surface area contributed by atoms with E-state index in [1.807, 2.05) is 32.3 Å². The highest BCUT2D eigenvalue weighted by molar-refractivity contribution is 7.10. The van der Waals surface area contributed by atoms with E-state index in [4.69, 9.17) is 4.74 Å². The van der Waals surface area contributed by atoms with Gasteiger partial charge in [-0.1, -0.05) is 6.07 Å². The zero-order chi connectivity index (χ0) is 22.8. The van der Waals surface area contributed by atoms with Crippen molar-refractivity contribution >= 4 is 11.3 Å². The molecule has 0 aromatic carbocycles. The average molecular weight is 457 g/mol. The second-order valence-corrected chi connectivity index (χ2v) is 10.4. The SMILES string of the molecule is CCOC(c1ncc[nH]1)[C@]1(CCc2ccc(F)s2)CCN(C(C)(C)c2ccc(C)nc2)C1. The Balaban J connectivity index is 1.64. The summed E-state index contributed by atoms with van der Waals surface area (Å²) in [6, 6.07) is 7.74. The quantitative estimate of drug-likeness (QED) is 0.452. The van der Waals surface area contributed by atoms with Gasteiger partial charge in [-0.2, -0.15) is 4.39 Å². The molecule has 0 radical (unpaired) electrons. The number of aryl methyl sites for hydroxylation is 2. The maximum absolute atomic E-state index is 13.6. The average Bonchev–Trinajstić information content (AvgIpc) is 3.53. The number of H-pyrrole nitrogens is 1. The molecule has 3 aromatic heterocycles. The van der Waals surface area contributed by atoms with Crippen molar-refractivity contribution in [1.82, 2.24) is 19.9 Å². The highest BCUT2D eigenvalue weighted by Gasteiger charge is 2.49. The zero-order valence-electron chi connectivity index (χ0n) is 19.4. The first-order valence-corrected chi connectivity index (χ1v) is 12.2. The number of nitrogens with one attached hydrogen (secondary N) is 1. The highest BCUT2D eigenvalue weighted by Crippen LogP contribution is 2.50. The summed E-state index contributed by atoms with van der Waals surface area (Å²) in [5.41, 5.74) is 1.96. The molecule has 1 aliphatic rings. The second-order valence-electron chi connectivity index (χ2n) is 9.30. The topological polar surface area (TPSA) is 54.0 Å². The van der Waals surface area contributed by atoms with E-state index in [1.54, 1.807) is 12.3 Å². The number of aromatic amines is 1. The van der Waals surface area contributed by atoms with Crippen LogP contribution in [-0.2, 0) is 16.7 Å². The third kappa shape index (κ3) is 4.65. The Morgan fingerprint density at radius 3 is 2.75 bits per heavy atom. The van der Waals surface area contributed by atoms with Gasteiger partial charge in [0.2, 0.25) is 0 Å². The van der Waals surface area contributed by atoms with E-state index in [0.29, 0.717) is 6.61 Å². The van der Waals surface area contributed by atoms with E-state index in [9.17, 15) is 4.39 Å². The van der Waals surface area contributed by atoms with Crippen LogP contribution in [0.4, 0.5) is 4.39 Å². The van der Waals surface area contributed by atoms with Gasteiger partial charge >= 0.3 is 0 Å². The largest absolute Gasteiger partial charge is 0.370 e. The van der Waals surface area contributed by atoms with Gasteiger partial charge in [-0.3, -0.25) is 9.88 Å². The fourth-order valence-electron chi connectivity index (χ4n) is 4.93. The number of pyridine rings is 1. The van der Waals surface area contributed by atoms with Gasteiger partial charge in [0.25, 0.3) is 0 Å². The van der Waals surface area contributed by atoms with Gasteiger partial charge in [0.05, 0.1) is 0 Å². The molecule has 7 heteroatoms. The molecule has 5 nitrogen and oxygen atoms in total. The third-order valence-electron chi connectivity index (χ3n) is 6.95. The van der Waals surface area contributed by atoms with Crippen LogP contribution in [-0.4, -0.2) is 39.5 Å². The Hall–Kier alpha value is -2.09. The van der Waals surface area contributed by atoms with Gasteiger partial charge in [-0.05, 0) is 77.3 Å². The minimum absolute atomic E-state index is 0.121. The summed E-state index contributed by atoms with van der Waals surface area (Å²) in [6.07, 6.45) is 8.25. The predicted octanol–water partition coefficient (Wildman–Crippen LogP) is 5.65. The number of likely N-dealkylation sites (tertiary alicyclic amines) is 1. The summed E-state index contributed by atoms with van der Waals surface area (Å²) in [5, 5.41) is -0.123. The van der Waals surface area contributed by atoms with Gasteiger partial charge in [0, 0.05) is 53.3 Å². The molecular formula is C25H33FN4OS. The first-order chi connectivity index (χ1) is 15.3. The van der Waals surface area contributed by atoms with E-state index >= 15 is 0 Å². The maximum atomic E-state index is 13.6. The normalized spacial score (nSPS) is 20.7. The van der Waals surface area contributed by atoms with Crippen LogP contribution in [0.5, 0.6) is 0 Å². The lowest BCUT2D eigenvalue weighted by atomic mass is 9.76. The second kappa shape index (κ2) is 9.41. The minimum atomic E-state index is -0.155. The summed E-state index contributed by atoms with van der Waals surface area (Å²) in [7, 11) is 0. The number of nitrogens with zero attached hydrogens (tertiary/aromatic N) is 3. The van der Waals surface area contributed by atoms with Gasteiger partial charge in [-0.25, -0.2) is 4.98 Å². The van der Waals surface area contributed by atoms with E-state index in [2.05, 4.69) is 45.8 Å². The van der Waals surface area contributed by atoms with Gasteiger partial charge in [0.1, 0.15) is 11.9 Å². The first kappa shape index (κ1) is 23.1. The standard InChI is InChI=1S/C25H33FN4OS/c1-5-31-22(23-27-13-14-28-23)25(11-10-20-8-9-21(26)32-20)12-15-30(17-25)24(3,4)19-7-6-18(2)29-16-19/h6-9,13-14,16,22H,5,10-12,15,17H2,1-4H3,(H,27,28)/t22?,25-/m1/s1. The highest BCUT2D eigenvalue weighted by atomic mass is 32.1. The predicted molar refractivity (Wildman–Crippen MR) is 126 cm³/mol. The monoisotopic (exact) mass is 456 g/mol. The van der Waals surface area contributed by atoms with Gasteiger partial charge in [0.15, 0.2) is 5.13 Å². The van der Waals surface area contributed by atoms with Crippen LogP contribution in [0, 0.1) is 17.5 Å². The fourth-order valence-corrected chi connectivity index (χ4v) is 5.65. The number of halogens is 1. The molecule has 1 fully saturated rings. The lowest BCUT2D eigenvalue weighted by Crippen LogP contribution is -2.43. The van der Waals surface area contributed by atoms with Gasteiger partial charge < -0.3 is 9.72 Å². The Morgan fingerprint density at radius 2 is 2.12 bits per heavy atom. The molecule has 32 heavy (non-hydrogen) atoms. The maximum Gasteiger partial charge on any atom is 0.176 e. The number of hydrogen-bond donors (Lipinski definition) is 1. The molecular weight excluding hydrogens is 423 g/mol. The molecule has 3 aromatic rings. The molecule has 1 unspecified atom stereocenters. The number of rotatable bonds is 9. The van der Waals surface area contributed by atoms with Crippen molar-refractivity contribution in [2.75, 3.05) is 19.7 Å². The molecule has 1 aliphatic heterocycles. The van der Waals surface area contributed by atoms with E-state index in [0.717, 1.165) is 48.7 Å². The van der Waals surface area contributed by atoms with Crippen LogP contribution >= 0.6 is 11.3 Å². The Labute approximate surface area is 194 Å². The summed E-state index contributed by atoms with van der Waals surface area (Å²) in [4.78, 5) is 16.0. The molecule has 0 saturated carbocycles. The molecule has 4 heterocycles. The number of hydrogen-bond acceptors (Lipinski definition) is 5. The van der Waals surface area contributed by atoms with Crippen molar-refractivity contribution in [1.29, 1.82) is 0 Å². The van der Waals surface area contributed by atoms with E-state index < -0.39 is 0 Å². The van der Waals surface area contributed by atoms with Crippen LogP contribution in [0.2, 0.25) is 0 Å². The van der Waals surface area contributed by atoms with Crippen LogP contribution < -0.4 is 0 Å². The first-order valence-electron chi connectivity index (χ1n) is 11.4. The van der Waals surface area contributed by atoms with E-state index in [-0.39, 0.29) is 22.2 Å². The van der Waals surface area contributed by atoms with Crippen molar-refractivity contribution in [3.05, 3.63) is 69.9 Å². The lowest BCUT2D eigenvalue weighted by Gasteiger charge is -2.40. The minimum Gasteiger partial charge on any atom is -0.370 e. The molecule has 4 rings (SSSR count). The summed E-state index contributed by atoms with van der Waals surface area (Å²) in [6.45, 7) is 11.1. The lowest BCUT2D eigenvalue weighted by molar-refractivity contribution is -0.0482. The molecule has 0 spiro atoms. The molecule has 1 N–H and O–H groups in total. The Bertz CT molecular complexity index is 1000. The molecule has 0 bridgehead atoms. The molecule has 1 saturated heterocycles. The smallest absolute Gasteiger partial charge is 0.176 e. The van der Waals surface area contributed by atoms with Crippen molar-refractivity contribution in [3.8, 4) is 0 Å². The molecule has 0 aliphatic carbocycles. The van der Waals surface area contributed by atoms with Crippen LogP contribution in [0.3, 0.4) is 0 Å². The van der Waals surface area contributed by atoms with Crippen molar-refractivity contribution in [2.45, 2.75) is 58.6 Å². The van der Waals surface area contributed by atoms with Crippen LogP contribution in [0.1, 0.15) is 61.7 Å². The van der Waals surface area contributed by atoms with Crippen molar-refractivity contribution in [3.63, 3.8) is 0 Å². The summed E-state index contributed by atoms with van der Waals surface area (Å²) >= 11 is 1.24. The fraction of sp³-hybridized carbons (Fsp3) is 0.520. The zero-order valence-corrected chi connectivity index (χ0v) is 20.2. The number of imidazole rings is 1. The van der Waals surface area contributed by atoms with Crippen molar-refractivity contribution in [2.24, 2.45) is 5.41 Å². The third-order valence-corrected chi connectivity index (χ3v) is 7.88. The van der Waals surface area contributed by atoms with Gasteiger partial charge in [-0.15, -0.1) is 11.3 Å². The van der Waals surface area contributed by atoms with Crippen LogP contribution in [0.25, 0.3) is 0 Å².